The molecule has 1 N–H and O–H groups in total. The number of hydrogen-bond acceptors (Lipinski definition) is 5. The van der Waals surface area contributed by atoms with E-state index < -0.39 is 5.82 Å². The first-order chi connectivity index (χ1) is 14.9. The lowest BCUT2D eigenvalue weighted by atomic mass is 9.95. The van der Waals surface area contributed by atoms with Crippen molar-refractivity contribution >= 4 is 34.5 Å². The zero-order valence-electron chi connectivity index (χ0n) is 17.1. The predicted molar refractivity (Wildman–Crippen MR) is 121 cm³/mol. The van der Waals surface area contributed by atoms with Crippen LogP contribution in [-0.4, -0.2) is 33.8 Å². The second-order valence-electron chi connectivity index (χ2n) is 6.95. The zero-order chi connectivity index (χ0) is 22.1. The monoisotopic (exact) mass is 458 g/mol. The van der Waals surface area contributed by atoms with E-state index in [4.69, 9.17) is 33.1 Å². The minimum Gasteiger partial charge on any atom is -0.494 e. The van der Waals surface area contributed by atoms with Crippen molar-refractivity contribution < 1.29 is 13.7 Å². The van der Waals surface area contributed by atoms with E-state index in [2.05, 4.69) is 15.5 Å². The van der Waals surface area contributed by atoms with Crippen molar-refractivity contribution in [3.05, 3.63) is 70.5 Å². The summed E-state index contributed by atoms with van der Waals surface area (Å²) >= 11 is 11.6. The van der Waals surface area contributed by atoms with Gasteiger partial charge in [0, 0.05) is 22.8 Å². The van der Waals surface area contributed by atoms with E-state index in [0.29, 0.717) is 28.1 Å². The van der Waals surface area contributed by atoms with Crippen LogP contribution in [0.15, 0.2) is 52.7 Å². The van der Waals surface area contributed by atoms with Gasteiger partial charge < -0.3 is 19.5 Å². The summed E-state index contributed by atoms with van der Waals surface area (Å²) in [6.45, 7) is 4.65. The lowest BCUT2D eigenvalue weighted by Crippen LogP contribution is -2.45. The summed E-state index contributed by atoms with van der Waals surface area (Å²) in [5.74, 6) is 0.264. The number of halogens is 2. The van der Waals surface area contributed by atoms with Crippen molar-refractivity contribution in [1.29, 1.82) is 0 Å². The fraction of sp³-hybridized carbons (Fsp3) is 0.227. The number of nitrogens with zero attached hydrogens (tertiary/aromatic N) is 3. The van der Waals surface area contributed by atoms with Crippen LogP contribution in [0.5, 0.6) is 5.75 Å². The molecule has 31 heavy (non-hydrogen) atoms. The lowest BCUT2D eigenvalue weighted by molar-refractivity contribution is 0.386. The van der Waals surface area contributed by atoms with Gasteiger partial charge in [-0.2, -0.15) is 4.98 Å². The molecule has 1 unspecified atom stereocenters. The smallest absolute Gasteiger partial charge is 0.258 e. The number of aromatic nitrogens is 2. The third-order valence-electron chi connectivity index (χ3n) is 5.18. The van der Waals surface area contributed by atoms with Gasteiger partial charge in [-0.1, -0.05) is 28.9 Å². The Kier molecular flexibility index (Phi) is 5.93. The Hall–Kier alpha value is -2.97. The van der Waals surface area contributed by atoms with Gasteiger partial charge in [0.05, 0.1) is 18.7 Å². The number of benzene rings is 2. The molecule has 3 aromatic rings. The first-order valence-corrected chi connectivity index (χ1v) is 10.4. The summed E-state index contributed by atoms with van der Waals surface area (Å²) in [6, 6.07) is 11.7. The van der Waals surface area contributed by atoms with Gasteiger partial charge in [0.25, 0.3) is 5.89 Å². The Balaban J connectivity index is 1.79. The first-order valence-electron chi connectivity index (χ1n) is 9.65. The highest BCUT2D eigenvalue weighted by Crippen LogP contribution is 2.37. The highest BCUT2D eigenvalue weighted by Gasteiger charge is 2.33. The van der Waals surface area contributed by atoms with Crippen molar-refractivity contribution in [3.63, 3.8) is 0 Å². The minimum absolute atomic E-state index is 0.150. The fourth-order valence-corrected chi connectivity index (χ4v) is 4.11. The van der Waals surface area contributed by atoms with Gasteiger partial charge in [0.15, 0.2) is 16.7 Å². The number of methoxy groups -OCH3 is 1. The number of ether oxygens (including phenoxy) is 1. The topological polar surface area (TPSA) is 63.4 Å². The lowest BCUT2D eigenvalue weighted by Gasteiger charge is -2.36. The second kappa shape index (κ2) is 8.64. The van der Waals surface area contributed by atoms with Crippen molar-refractivity contribution in [2.24, 2.45) is 0 Å². The Morgan fingerprint density at radius 1 is 1.26 bits per heavy atom. The van der Waals surface area contributed by atoms with Crippen LogP contribution in [0.25, 0.3) is 17.0 Å². The van der Waals surface area contributed by atoms with E-state index in [1.54, 1.807) is 6.07 Å². The number of hydrogen-bond donors (Lipinski definition) is 1. The van der Waals surface area contributed by atoms with Crippen molar-refractivity contribution in [1.82, 2.24) is 20.4 Å². The second-order valence-corrected chi connectivity index (χ2v) is 7.77. The van der Waals surface area contributed by atoms with Gasteiger partial charge in [0.2, 0.25) is 5.82 Å². The molecule has 0 fully saturated rings. The molecular formula is C22H20ClFN4O2S. The highest BCUT2D eigenvalue weighted by molar-refractivity contribution is 7.80. The van der Waals surface area contributed by atoms with E-state index in [-0.39, 0.29) is 17.6 Å². The van der Waals surface area contributed by atoms with Gasteiger partial charge >= 0.3 is 0 Å². The largest absolute Gasteiger partial charge is 0.494 e. The summed E-state index contributed by atoms with van der Waals surface area (Å²) in [6.07, 6.45) is 0. The molecule has 0 spiro atoms. The van der Waals surface area contributed by atoms with Gasteiger partial charge in [-0.05, 0) is 62.0 Å². The third kappa shape index (κ3) is 4.00. The Morgan fingerprint density at radius 3 is 2.65 bits per heavy atom. The first kappa shape index (κ1) is 21.3. The van der Waals surface area contributed by atoms with Crippen LogP contribution >= 0.6 is 23.8 Å². The van der Waals surface area contributed by atoms with Crippen molar-refractivity contribution in [3.8, 4) is 17.1 Å². The summed E-state index contributed by atoms with van der Waals surface area (Å²) in [4.78, 5) is 6.53. The molecule has 0 aliphatic carbocycles. The molecule has 1 aliphatic rings. The summed E-state index contributed by atoms with van der Waals surface area (Å²) in [7, 11) is 1.41. The molecule has 1 aliphatic heterocycles. The molecule has 0 amide bonds. The normalized spacial score (nSPS) is 16.5. The van der Waals surface area contributed by atoms with Crippen molar-refractivity contribution in [2.45, 2.75) is 19.9 Å². The summed E-state index contributed by atoms with van der Waals surface area (Å²) < 4.78 is 24.7. The number of rotatable bonds is 5. The van der Waals surface area contributed by atoms with E-state index in [1.807, 2.05) is 43.0 Å². The van der Waals surface area contributed by atoms with Crippen LogP contribution in [0.2, 0.25) is 5.02 Å². The maximum Gasteiger partial charge on any atom is 0.258 e. The molecule has 2 aromatic carbocycles. The standard InChI is InChI=1S/C22H20ClFN4O2S/c1-4-28-12(2)18(19(25-22(28)31)13-5-8-15(23)9-6-13)21-26-20(27-30-21)14-7-10-17(29-3)16(24)11-14/h5-11,19H,4H2,1-3H3,(H,25,31). The van der Waals surface area contributed by atoms with Crippen LogP contribution in [0, 0.1) is 5.82 Å². The predicted octanol–water partition coefficient (Wildman–Crippen LogP) is 5.22. The molecule has 0 bridgehead atoms. The van der Waals surface area contributed by atoms with Crippen LogP contribution in [0.1, 0.15) is 31.3 Å². The van der Waals surface area contributed by atoms with E-state index in [0.717, 1.165) is 16.8 Å². The van der Waals surface area contributed by atoms with E-state index in [1.165, 1.54) is 19.2 Å². The molecule has 160 valence electrons. The maximum atomic E-state index is 14.2. The average Bonchev–Trinajstić information content (AvgIpc) is 3.24. The van der Waals surface area contributed by atoms with E-state index in [9.17, 15) is 4.39 Å². The van der Waals surface area contributed by atoms with Crippen molar-refractivity contribution in [2.75, 3.05) is 13.7 Å². The molecule has 0 radical (unpaired) electrons. The molecule has 4 rings (SSSR count). The van der Waals surface area contributed by atoms with Crippen LogP contribution in [0.4, 0.5) is 4.39 Å². The summed E-state index contributed by atoms with van der Waals surface area (Å²) in [5, 5.41) is 8.69. The van der Waals surface area contributed by atoms with Crippen LogP contribution < -0.4 is 10.1 Å². The van der Waals surface area contributed by atoms with Gasteiger partial charge in [-0.15, -0.1) is 0 Å². The molecule has 0 saturated carbocycles. The molecule has 2 heterocycles. The maximum absolute atomic E-state index is 14.2. The number of thiocarbonyl (C=S) groups is 1. The molecule has 6 nitrogen and oxygen atoms in total. The van der Waals surface area contributed by atoms with Gasteiger partial charge in [-0.25, -0.2) is 4.39 Å². The highest BCUT2D eigenvalue weighted by atomic mass is 35.5. The van der Waals surface area contributed by atoms with Gasteiger partial charge in [0.1, 0.15) is 0 Å². The quantitative estimate of drug-likeness (QED) is 0.526. The number of allylic oxidation sites excluding steroid dienone is 1. The average molecular weight is 459 g/mol. The third-order valence-corrected chi connectivity index (χ3v) is 5.77. The SMILES string of the molecule is CCN1C(=S)NC(c2ccc(Cl)cc2)C(c2nc(-c3ccc(OC)c(F)c3)no2)=C1C. The fourth-order valence-electron chi connectivity index (χ4n) is 3.60. The molecular weight excluding hydrogens is 439 g/mol. The van der Waals surface area contributed by atoms with Gasteiger partial charge in [-0.3, -0.25) is 0 Å². The summed E-state index contributed by atoms with van der Waals surface area (Å²) in [5.41, 5.74) is 3.14. The minimum atomic E-state index is -0.498. The number of nitrogens with one attached hydrogen (secondary N) is 1. The Labute approximate surface area is 189 Å². The molecule has 9 heteroatoms. The molecule has 0 saturated heterocycles. The molecule has 1 aromatic heterocycles. The van der Waals surface area contributed by atoms with E-state index >= 15 is 0 Å². The molecule has 1 atom stereocenters. The zero-order valence-corrected chi connectivity index (χ0v) is 18.7. The van der Waals surface area contributed by atoms with Crippen LogP contribution in [0.3, 0.4) is 0 Å². The Bertz CT molecular complexity index is 1160. The van der Waals surface area contributed by atoms with Crippen LogP contribution in [-0.2, 0) is 0 Å². The Morgan fingerprint density at radius 2 is 2.00 bits per heavy atom.